The summed E-state index contributed by atoms with van der Waals surface area (Å²) in [4.78, 5) is 14.5. The second-order valence-corrected chi connectivity index (χ2v) is 4.24. The summed E-state index contributed by atoms with van der Waals surface area (Å²) in [6, 6.07) is 5.26. The molecule has 0 spiro atoms. The Kier molecular flexibility index (Phi) is 6.05. The number of benzene rings is 1. The normalized spacial score (nSPS) is 9.67. The van der Waals surface area contributed by atoms with E-state index < -0.39 is 0 Å². The molecule has 0 bridgehead atoms. The number of hydrogen-bond acceptors (Lipinski definition) is 2. The maximum absolute atomic E-state index is 11.9. The predicted octanol–water partition coefficient (Wildman–Crippen LogP) is 3.47. The van der Waals surface area contributed by atoms with E-state index in [1.807, 2.05) is 6.92 Å². The van der Waals surface area contributed by atoms with E-state index in [1.165, 1.54) is 0 Å². The van der Waals surface area contributed by atoms with Gasteiger partial charge in [0.15, 0.2) is 0 Å². The Morgan fingerprint density at radius 2 is 2.28 bits per heavy atom. The van der Waals surface area contributed by atoms with Gasteiger partial charge in [-0.3, -0.25) is 4.79 Å². The van der Waals surface area contributed by atoms with Crippen LogP contribution in [0.2, 0.25) is 5.02 Å². The lowest BCUT2D eigenvalue weighted by Gasteiger charge is -2.08. The van der Waals surface area contributed by atoms with Gasteiger partial charge >= 0.3 is 0 Å². The van der Waals surface area contributed by atoms with Crippen LogP contribution in [0.15, 0.2) is 23.3 Å². The van der Waals surface area contributed by atoms with E-state index in [2.05, 4.69) is 15.3 Å². The molecule has 1 N–H and O–H groups in total. The number of amides is 1. The second-order valence-electron chi connectivity index (χ2n) is 3.83. The number of hydrogen-bond donors (Lipinski definition) is 1. The molecular formula is C12H15ClN4O. The largest absolute Gasteiger partial charge is 0.352 e. The highest BCUT2D eigenvalue weighted by Gasteiger charge is 2.09. The van der Waals surface area contributed by atoms with Crippen molar-refractivity contribution in [2.75, 3.05) is 13.1 Å². The van der Waals surface area contributed by atoms with E-state index in [9.17, 15) is 4.79 Å². The number of carbonyl (C=O) groups is 1. The van der Waals surface area contributed by atoms with Gasteiger partial charge in [0.1, 0.15) is 0 Å². The SMILES string of the molecule is Cc1c(Cl)cccc1C(=O)NCCCCN=[N+]=[N-]. The number of halogens is 1. The number of azide groups is 1. The highest BCUT2D eigenvalue weighted by atomic mass is 35.5. The van der Waals surface area contributed by atoms with E-state index in [0.29, 0.717) is 23.7 Å². The Morgan fingerprint density at radius 3 is 3.00 bits per heavy atom. The van der Waals surface area contributed by atoms with E-state index in [4.69, 9.17) is 17.1 Å². The number of nitrogens with one attached hydrogen (secondary N) is 1. The van der Waals surface area contributed by atoms with E-state index in [0.717, 1.165) is 18.4 Å². The third kappa shape index (κ3) is 4.28. The first-order chi connectivity index (χ1) is 8.66. The Morgan fingerprint density at radius 1 is 1.50 bits per heavy atom. The molecule has 0 aliphatic heterocycles. The van der Waals surface area contributed by atoms with Gasteiger partial charge in [0.05, 0.1) is 0 Å². The standard InChI is InChI=1S/C12H15ClN4O/c1-9-10(5-4-6-11(9)13)12(18)15-7-2-3-8-16-17-14/h4-6H,2-3,7-8H2,1H3,(H,15,18). The fourth-order valence-corrected chi connectivity index (χ4v) is 1.68. The molecule has 0 saturated heterocycles. The van der Waals surface area contributed by atoms with Gasteiger partial charge in [0, 0.05) is 28.6 Å². The summed E-state index contributed by atoms with van der Waals surface area (Å²) in [5.74, 6) is -0.126. The summed E-state index contributed by atoms with van der Waals surface area (Å²) >= 11 is 5.95. The van der Waals surface area contributed by atoms with Crippen molar-refractivity contribution in [3.8, 4) is 0 Å². The maximum atomic E-state index is 11.9. The summed E-state index contributed by atoms with van der Waals surface area (Å²) in [7, 11) is 0. The summed E-state index contributed by atoms with van der Waals surface area (Å²) in [6.45, 7) is 2.84. The molecule has 0 atom stereocenters. The van der Waals surface area contributed by atoms with Gasteiger partial charge in [0.2, 0.25) is 0 Å². The first-order valence-corrected chi connectivity index (χ1v) is 6.08. The molecule has 0 fully saturated rings. The minimum atomic E-state index is -0.126. The monoisotopic (exact) mass is 266 g/mol. The van der Waals surface area contributed by atoms with Crippen molar-refractivity contribution in [3.05, 3.63) is 44.8 Å². The molecule has 0 aliphatic rings. The van der Waals surface area contributed by atoms with Crippen LogP contribution in [-0.4, -0.2) is 19.0 Å². The van der Waals surface area contributed by atoms with Crippen LogP contribution in [-0.2, 0) is 0 Å². The van der Waals surface area contributed by atoms with Crippen LogP contribution in [0.5, 0.6) is 0 Å². The van der Waals surface area contributed by atoms with Crippen molar-refractivity contribution in [3.63, 3.8) is 0 Å². The Balaban J connectivity index is 2.41. The Labute approximate surface area is 111 Å². The summed E-state index contributed by atoms with van der Waals surface area (Å²) in [6.07, 6.45) is 1.54. The maximum Gasteiger partial charge on any atom is 0.251 e. The van der Waals surface area contributed by atoms with Crippen molar-refractivity contribution < 1.29 is 4.79 Å². The molecule has 6 heteroatoms. The molecule has 0 aliphatic carbocycles. The predicted molar refractivity (Wildman–Crippen MR) is 71.8 cm³/mol. The first kappa shape index (κ1) is 14.4. The molecule has 18 heavy (non-hydrogen) atoms. The summed E-state index contributed by atoms with van der Waals surface area (Å²) < 4.78 is 0. The number of nitrogens with zero attached hydrogens (tertiary/aromatic N) is 3. The zero-order chi connectivity index (χ0) is 13.4. The highest BCUT2D eigenvalue weighted by molar-refractivity contribution is 6.31. The molecule has 5 nitrogen and oxygen atoms in total. The number of rotatable bonds is 6. The van der Waals surface area contributed by atoms with Crippen molar-refractivity contribution in [2.45, 2.75) is 19.8 Å². The van der Waals surface area contributed by atoms with Gasteiger partial charge in [-0.15, -0.1) is 0 Å². The fourth-order valence-electron chi connectivity index (χ4n) is 1.50. The second kappa shape index (κ2) is 7.58. The lowest BCUT2D eigenvalue weighted by atomic mass is 10.1. The van der Waals surface area contributed by atoms with Gasteiger partial charge in [-0.05, 0) is 43.0 Å². The molecule has 0 radical (unpaired) electrons. The zero-order valence-electron chi connectivity index (χ0n) is 10.2. The third-order valence-electron chi connectivity index (χ3n) is 2.55. The molecule has 96 valence electrons. The van der Waals surface area contributed by atoms with Crippen LogP contribution in [0.1, 0.15) is 28.8 Å². The highest BCUT2D eigenvalue weighted by Crippen LogP contribution is 2.18. The average Bonchev–Trinajstić information content (AvgIpc) is 2.36. The van der Waals surface area contributed by atoms with Crippen LogP contribution in [0.25, 0.3) is 10.4 Å². The molecular weight excluding hydrogens is 252 g/mol. The Hall–Kier alpha value is -1.71. The number of carbonyl (C=O) groups excluding carboxylic acids is 1. The molecule has 0 unspecified atom stereocenters. The summed E-state index contributed by atoms with van der Waals surface area (Å²) in [5.41, 5.74) is 9.47. The van der Waals surface area contributed by atoms with Gasteiger partial charge < -0.3 is 5.32 Å². The fraction of sp³-hybridized carbons (Fsp3) is 0.417. The van der Waals surface area contributed by atoms with Gasteiger partial charge in [-0.1, -0.05) is 22.8 Å². The average molecular weight is 267 g/mol. The van der Waals surface area contributed by atoms with Crippen LogP contribution in [0.4, 0.5) is 0 Å². The van der Waals surface area contributed by atoms with Gasteiger partial charge in [-0.25, -0.2) is 0 Å². The summed E-state index contributed by atoms with van der Waals surface area (Å²) in [5, 5.41) is 6.82. The third-order valence-corrected chi connectivity index (χ3v) is 2.96. The van der Waals surface area contributed by atoms with Crippen LogP contribution in [0.3, 0.4) is 0 Å². The van der Waals surface area contributed by atoms with E-state index >= 15 is 0 Å². The molecule has 1 amide bonds. The first-order valence-electron chi connectivity index (χ1n) is 5.71. The lowest BCUT2D eigenvalue weighted by Crippen LogP contribution is -2.25. The van der Waals surface area contributed by atoms with Crippen LogP contribution >= 0.6 is 11.6 Å². The lowest BCUT2D eigenvalue weighted by molar-refractivity contribution is 0.0952. The van der Waals surface area contributed by atoms with Crippen LogP contribution < -0.4 is 5.32 Å². The van der Waals surface area contributed by atoms with Crippen molar-refractivity contribution in [1.29, 1.82) is 0 Å². The van der Waals surface area contributed by atoms with E-state index in [1.54, 1.807) is 18.2 Å². The van der Waals surface area contributed by atoms with E-state index in [-0.39, 0.29) is 5.91 Å². The van der Waals surface area contributed by atoms with Gasteiger partial charge in [0.25, 0.3) is 5.91 Å². The molecule has 1 aromatic rings. The van der Waals surface area contributed by atoms with Crippen LogP contribution in [0, 0.1) is 6.92 Å². The molecule has 0 saturated carbocycles. The molecule has 1 rings (SSSR count). The molecule has 0 aromatic heterocycles. The van der Waals surface area contributed by atoms with Gasteiger partial charge in [-0.2, -0.15) is 0 Å². The number of unbranched alkanes of at least 4 members (excludes halogenated alkanes) is 1. The molecule has 0 heterocycles. The topological polar surface area (TPSA) is 77.9 Å². The van der Waals surface area contributed by atoms with Crippen molar-refractivity contribution >= 4 is 17.5 Å². The van der Waals surface area contributed by atoms with Crippen molar-refractivity contribution in [2.24, 2.45) is 5.11 Å². The van der Waals surface area contributed by atoms with Crippen molar-refractivity contribution in [1.82, 2.24) is 5.32 Å². The Bertz CT molecular complexity index is 469. The zero-order valence-corrected chi connectivity index (χ0v) is 10.9. The minimum Gasteiger partial charge on any atom is -0.352 e. The minimum absolute atomic E-state index is 0.126. The molecule has 1 aromatic carbocycles. The quantitative estimate of drug-likeness (QED) is 0.364. The smallest absolute Gasteiger partial charge is 0.251 e.